The van der Waals surface area contributed by atoms with Crippen molar-refractivity contribution in [1.29, 1.82) is 0 Å². The Bertz CT molecular complexity index is 410. The Morgan fingerprint density at radius 2 is 2.00 bits per heavy atom. The molecular formula is C16H24N2OS. The van der Waals surface area contributed by atoms with Gasteiger partial charge in [0.15, 0.2) is 0 Å². The van der Waals surface area contributed by atoms with Crippen molar-refractivity contribution in [2.45, 2.75) is 43.5 Å². The lowest BCUT2D eigenvalue weighted by atomic mass is 9.95. The number of hydrogen-bond donors (Lipinski definition) is 2. The number of rotatable bonds is 6. The number of nitrogens with one attached hydrogen (secondary N) is 2. The third-order valence-electron chi connectivity index (χ3n) is 3.86. The van der Waals surface area contributed by atoms with E-state index in [4.69, 9.17) is 0 Å². The van der Waals surface area contributed by atoms with Crippen LogP contribution in [0, 0.1) is 0 Å². The van der Waals surface area contributed by atoms with Crippen molar-refractivity contribution in [3.8, 4) is 0 Å². The van der Waals surface area contributed by atoms with Gasteiger partial charge in [-0.3, -0.25) is 4.79 Å². The van der Waals surface area contributed by atoms with Crippen LogP contribution in [0.5, 0.6) is 0 Å². The Labute approximate surface area is 125 Å². The molecule has 0 aromatic heterocycles. The van der Waals surface area contributed by atoms with Crippen LogP contribution >= 0.6 is 11.8 Å². The smallest absolute Gasteiger partial charge is 0.234 e. The molecule has 20 heavy (non-hydrogen) atoms. The first kappa shape index (κ1) is 15.4. The summed E-state index contributed by atoms with van der Waals surface area (Å²) in [6.45, 7) is 1.03. The average Bonchev–Trinajstić information content (AvgIpc) is 2.52. The van der Waals surface area contributed by atoms with Gasteiger partial charge in [0.05, 0.1) is 6.54 Å². The van der Waals surface area contributed by atoms with Gasteiger partial charge in [0.2, 0.25) is 5.91 Å². The molecule has 2 atom stereocenters. The Balaban J connectivity index is 1.69. The Kier molecular flexibility index (Phi) is 6.40. The van der Waals surface area contributed by atoms with Crippen LogP contribution in [0.4, 0.5) is 0 Å². The SMILES string of the molecule is CSC1CCCCC1NCC(=O)NCc1ccccc1. The molecule has 2 unspecified atom stereocenters. The topological polar surface area (TPSA) is 41.1 Å². The van der Waals surface area contributed by atoms with E-state index in [1.807, 2.05) is 42.1 Å². The molecule has 0 saturated heterocycles. The van der Waals surface area contributed by atoms with Gasteiger partial charge in [0.25, 0.3) is 0 Å². The fourth-order valence-electron chi connectivity index (χ4n) is 2.70. The monoisotopic (exact) mass is 292 g/mol. The van der Waals surface area contributed by atoms with E-state index in [0.29, 0.717) is 24.4 Å². The standard InChI is InChI=1S/C16H24N2OS/c1-20-15-10-6-5-9-14(15)17-12-16(19)18-11-13-7-3-2-4-8-13/h2-4,7-8,14-15,17H,5-6,9-12H2,1H3,(H,18,19). The largest absolute Gasteiger partial charge is 0.351 e. The summed E-state index contributed by atoms with van der Waals surface area (Å²) in [5, 5.41) is 7.05. The van der Waals surface area contributed by atoms with Crippen LogP contribution in [0.3, 0.4) is 0 Å². The molecule has 0 aliphatic heterocycles. The van der Waals surface area contributed by atoms with Gasteiger partial charge < -0.3 is 10.6 Å². The average molecular weight is 292 g/mol. The highest BCUT2D eigenvalue weighted by Crippen LogP contribution is 2.26. The first-order valence-corrected chi connectivity index (χ1v) is 8.65. The molecule has 110 valence electrons. The summed E-state index contributed by atoms with van der Waals surface area (Å²) in [5.41, 5.74) is 1.14. The van der Waals surface area contributed by atoms with E-state index in [2.05, 4.69) is 16.9 Å². The van der Waals surface area contributed by atoms with Gasteiger partial charge in [-0.2, -0.15) is 11.8 Å². The van der Waals surface area contributed by atoms with E-state index >= 15 is 0 Å². The molecular weight excluding hydrogens is 268 g/mol. The summed E-state index contributed by atoms with van der Waals surface area (Å²) in [7, 11) is 0. The zero-order valence-corrected chi connectivity index (χ0v) is 12.9. The number of carbonyl (C=O) groups excluding carboxylic acids is 1. The summed E-state index contributed by atoms with van der Waals surface area (Å²) in [4.78, 5) is 11.9. The quantitative estimate of drug-likeness (QED) is 0.846. The molecule has 0 radical (unpaired) electrons. The van der Waals surface area contributed by atoms with Gasteiger partial charge in [0.1, 0.15) is 0 Å². The van der Waals surface area contributed by atoms with Crippen molar-refractivity contribution in [2.75, 3.05) is 12.8 Å². The number of amides is 1. The van der Waals surface area contributed by atoms with Gasteiger partial charge in [0, 0.05) is 17.8 Å². The molecule has 2 N–H and O–H groups in total. The van der Waals surface area contributed by atoms with E-state index in [1.165, 1.54) is 25.7 Å². The second-order valence-corrected chi connectivity index (χ2v) is 6.39. The van der Waals surface area contributed by atoms with E-state index < -0.39 is 0 Å². The zero-order valence-electron chi connectivity index (χ0n) is 12.1. The highest BCUT2D eigenvalue weighted by molar-refractivity contribution is 7.99. The third-order valence-corrected chi connectivity index (χ3v) is 5.03. The van der Waals surface area contributed by atoms with Crippen LogP contribution in [0.25, 0.3) is 0 Å². The van der Waals surface area contributed by atoms with Crippen LogP contribution in [0.15, 0.2) is 30.3 Å². The number of hydrogen-bond acceptors (Lipinski definition) is 3. The molecule has 2 rings (SSSR count). The van der Waals surface area contributed by atoms with Crippen LogP contribution in [-0.2, 0) is 11.3 Å². The van der Waals surface area contributed by atoms with Crippen molar-refractivity contribution in [1.82, 2.24) is 10.6 Å². The Hall–Kier alpha value is -1.00. The van der Waals surface area contributed by atoms with E-state index in [0.717, 1.165) is 5.56 Å². The normalized spacial score (nSPS) is 22.4. The number of thioether (sulfide) groups is 1. The Morgan fingerprint density at radius 1 is 1.25 bits per heavy atom. The van der Waals surface area contributed by atoms with Crippen LogP contribution < -0.4 is 10.6 Å². The molecule has 1 aromatic carbocycles. The van der Waals surface area contributed by atoms with E-state index in [1.54, 1.807) is 0 Å². The summed E-state index contributed by atoms with van der Waals surface area (Å²) in [6.07, 6.45) is 7.23. The van der Waals surface area contributed by atoms with Crippen LogP contribution in [0.1, 0.15) is 31.2 Å². The molecule has 1 aliphatic rings. The molecule has 0 heterocycles. The molecule has 1 saturated carbocycles. The van der Waals surface area contributed by atoms with Crippen molar-refractivity contribution in [3.63, 3.8) is 0 Å². The highest BCUT2D eigenvalue weighted by atomic mass is 32.2. The predicted molar refractivity (Wildman–Crippen MR) is 85.9 cm³/mol. The summed E-state index contributed by atoms with van der Waals surface area (Å²) in [6, 6.07) is 10.5. The number of carbonyl (C=O) groups is 1. The van der Waals surface area contributed by atoms with Crippen LogP contribution in [-0.4, -0.2) is 30.0 Å². The van der Waals surface area contributed by atoms with Gasteiger partial charge in [-0.25, -0.2) is 0 Å². The van der Waals surface area contributed by atoms with Crippen molar-refractivity contribution in [2.24, 2.45) is 0 Å². The first-order valence-electron chi connectivity index (χ1n) is 7.36. The molecule has 1 aromatic rings. The molecule has 0 bridgehead atoms. The first-order chi connectivity index (χ1) is 9.79. The fraction of sp³-hybridized carbons (Fsp3) is 0.562. The fourth-order valence-corrected chi connectivity index (χ4v) is 3.66. The van der Waals surface area contributed by atoms with Crippen molar-refractivity contribution >= 4 is 17.7 Å². The molecule has 1 amide bonds. The van der Waals surface area contributed by atoms with Gasteiger partial charge in [-0.15, -0.1) is 0 Å². The van der Waals surface area contributed by atoms with Gasteiger partial charge in [-0.1, -0.05) is 43.2 Å². The summed E-state index contributed by atoms with van der Waals surface area (Å²) in [5.74, 6) is 0.0827. The summed E-state index contributed by atoms with van der Waals surface area (Å²) >= 11 is 1.92. The summed E-state index contributed by atoms with van der Waals surface area (Å²) < 4.78 is 0. The maximum absolute atomic E-state index is 11.9. The zero-order chi connectivity index (χ0) is 14.2. The minimum atomic E-state index is 0.0827. The predicted octanol–water partition coefficient (Wildman–Crippen LogP) is 2.57. The third kappa shape index (κ3) is 4.84. The Morgan fingerprint density at radius 3 is 2.75 bits per heavy atom. The number of benzene rings is 1. The minimum absolute atomic E-state index is 0.0827. The second-order valence-electron chi connectivity index (χ2n) is 5.31. The van der Waals surface area contributed by atoms with Crippen LogP contribution in [0.2, 0.25) is 0 Å². The minimum Gasteiger partial charge on any atom is -0.351 e. The van der Waals surface area contributed by atoms with Crippen molar-refractivity contribution in [3.05, 3.63) is 35.9 Å². The lowest BCUT2D eigenvalue weighted by molar-refractivity contribution is -0.120. The van der Waals surface area contributed by atoms with Gasteiger partial charge in [-0.05, 0) is 24.7 Å². The maximum Gasteiger partial charge on any atom is 0.234 e. The van der Waals surface area contributed by atoms with E-state index in [-0.39, 0.29) is 5.91 Å². The lowest BCUT2D eigenvalue weighted by Gasteiger charge is -2.30. The highest BCUT2D eigenvalue weighted by Gasteiger charge is 2.24. The lowest BCUT2D eigenvalue weighted by Crippen LogP contribution is -2.45. The van der Waals surface area contributed by atoms with Crippen molar-refractivity contribution < 1.29 is 4.79 Å². The molecule has 4 heteroatoms. The molecule has 0 spiro atoms. The molecule has 1 aliphatic carbocycles. The van der Waals surface area contributed by atoms with Gasteiger partial charge >= 0.3 is 0 Å². The second kappa shape index (κ2) is 8.32. The molecule has 1 fully saturated rings. The maximum atomic E-state index is 11.9. The van der Waals surface area contributed by atoms with E-state index in [9.17, 15) is 4.79 Å². The molecule has 3 nitrogen and oxygen atoms in total.